The van der Waals surface area contributed by atoms with Crippen molar-refractivity contribution >= 4 is 35.8 Å². The third-order valence-electron chi connectivity index (χ3n) is 7.34. The molecule has 6 atom stereocenters. The molecule has 6 unspecified atom stereocenters. The summed E-state index contributed by atoms with van der Waals surface area (Å²) in [6.07, 6.45) is -3.48. The smallest absolute Gasteiger partial charge is 0.311 e. The quantitative estimate of drug-likeness (QED) is 0.331. The molecule has 4 rings (SSSR count). The number of esters is 2. The van der Waals surface area contributed by atoms with E-state index < -0.39 is 84.5 Å². The maximum atomic E-state index is 12.6. The van der Waals surface area contributed by atoms with Crippen LogP contribution in [-0.2, 0) is 38.2 Å². The zero-order chi connectivity index (χ0) is 29.1. The summed E-state index contributed by atoms with van der Waals surface area (Å²) < 4.78 is 10.9. The lowest BCUT2D eigenvalue weighted by Gasteiger charge is -2.34. The van der Waals surface area contributed by atoms with Crippen molar-refractivity contribution in [2.75, 3.05) is 0 Å². The molecule has 2 aromatic carbocycles. The zero-order valence-electron chi connectivity index (χ0n) is 21.0. The van der Waals surface area contributed by atoms with Gasteiger partial charge in [0.1, 0.15) is 12.2 Å². The Balaban J connectivity index is 1.43. The molecule has 0 radical (unpaired) electrons. The molecule has 40 heavy (non-hydrogen) atoms. The first-order valence-corrected chi connectivity index (χ1v) is 12.5. The summed E-state index contributed by atoms with van der Waals surface area (Å²) in [6, 6.07) is 12.4. The van der Waals surface area contributed by atoms with Gasteiger partial charge in [-0.05, 0) is 22.3 Å². The van der Waals surface area contributed by atoms with Gasteiger partial charge in [0.25, 0.3) is 0 Å². The lowest BCUT2D eigenvalue weighted by Crippen LogP contribution is -2.35. The second-order valence-corrected chi connectivity index (χ2v) is 9.71. The van der Waals surface area contributed by atoms with E-state index in [-0.39, 0.29) is 24.0 Å². The van der Waals surface area contributed by atoms with Gasteiger partial charge in [0.05, 0.1) is 36.5 Å². The summed E-state index contributed by atoms with van der Waals surface area (Å²) in [6.45, 7) is 0. The van der Waals surface area contributed by atoms with Gasteiger partial charge in [0.2, 0.25) is 0 Å². The summed E-state index contributed by atoms with van der Waals surface area (Å²) in [5.74, 6) is -12.3. The van der Waals surface area contributed by atoms with Crippen molar-refractivity contribution in [3.05, 3.63) is 70.8 Å². The Hall–Kier alpha value is -4.74. The second-order valence-electron chi connectivity index (χ2n) is 9.71. The molecule has 12 nitrogen and oxygen atoms in total. The number of rotatable bonds is 9. The molecule has 0 heterocycles. The van der Waals surface area contributed by atoms with Crippen LogP contribution in [0, 0.1) is 11.8 Å². The van der Waals surface area contributed by atoms with Crippen LogP contribution in [0.3, 0.4) is 0 Å². The molecule has 0 amide bonds. The average Bonchev–Trinajstić information content (AvgIpc) is 2.91. The molecule has 2 aromatic rings. The average molecular weight is 555 g/mol. The van der Waals surface area contributed by atoms with Crippen LogP contribution in [0.2, 0.25) is 0 Å². The van der Waals surface area contributed by atoms with Gasteiger partial charge in [-0.15, -0.1) is 0 Å². The Morgan fingerprint density at radius 2 is 0.875 bits per heavy atom. The molecule has 0 saturated heterocycles. The molecule has 4 N–H and O–H groups in total. The van der Waals surface area contributed by atoms with Crippen molar-refractivity contribution in [1.82, 2.24) is 0 Å². The number of carbonyl (C=O) groups excluding carboxylic acids is 2. The third kappa shape index (κ3) is 5.65. The Morgan fingerprint density at radius 1 is 0.550 bits per heavy atom. The topological polar surface area (TPSA) is 202 Å². The number of fused-ring (bicyclic) bond motifs is 2. The van der Waals surface area contributed by atoms with Crippen molar-refractivity contribution < 1.29 is 58.7 Å². The lowest BCUT2D eigenvalue weighted by molar-refractivity contribution is -0.162. The predicted octanol–water partition coefficient (Wildman–Crippen LogP) is 2.88. The Morgan fingerprint density at radius 3 is 1.18 bits per heavy atom. The van der Waals surface area contributed by atoms with Gasteiger partial charge in [-0.25, -0.2) is 0 Å². The second kappa shape index (κ2) is 11.6. The minimum absolute atomic E-state index is 0.231. The number of hydrogen-bond donors (Lipinski definition) is 4. The molecule has 0 spiro atoms. The van der Waals surface area contributed by atoms with Crippen LogP contribution in [0.15, 0.2) is 48.5 Å². The van der Waals surface area contributed by atoms with Crippen molar-refractivity contribution in [2.45, 2.75) is 49.7 Å². The number of carboxylic acid groups (broad SMARTS) is 4. The summed E-state index contributed by atoms with van der Waals surface area (Å²) in [7, 11) is 0. The van der Waals surface area contributed by atoms with Gasteiger partial charge in [-0.1, -0.05) is 48.5 Å². The summed E-state index contributed by atoms with van der Waals surface area (Å²) >= 11 is 0. The van der Waals surface area contributed by atoms with Gasteiger partial charge in [0, 0.05) is 12.8 Å². The maximum Gasteiger partial charge on any atom is 0.311 e. The molecule has 2 aliphatic carbocycles. The van der Waals surface area contributed by atoms with Gasteiger partial charge in [0.15, 0.2) is 0 Å². The van der Waals surface area contributed by atoms with Crippen molar-refractivity contribution in [3.8, 4) is 0 Å². The molecular weight excluding hydrogens is 528 g/mol. The number of carboxylic acids is 4. The number of benzene rings is 2. The van der Waals surface area contributed by atoms with E-state index in [1.165, 1.54) is 12.1 Å². The molecule has 0 bridgehead atoms. The van der Waals surface area contributed by atoms with E-state index in [1.54, 1.807) is 36.4 Å². The van der Waals surface area contributed by atoms with Crippen LogP contribution in [0.5, 0.6) is 0 Å². The number of ether oxygens (including phenoxy) is 2. The highest BCUT2D eigenvalue weighted by Crippen LogP contribution is 2.45. The van der Waals surface area contributed by atoms with Crippen LogP contribution in [0.1, 0.15) is 72.0 Å². The molecule has 0 fully saturated rings. The number of aliphatic carboxylic acids is 4. The van der Waals surface area contributed by atoms with Crippen LogP contribution < -0.4 is 0 Å². The van der Waals surface area contributed by atoms with Gasteiger partial charge in [-0.3, -0.25) is 28.8 Å². The Labute approximate surface area is 227 Å². The van der Waals surface area contributed by atoms with Gasteiger partial charge in [-0.2, -0.15) is 0 Å². The lowest BCUT2D eigenvalue weighted by atomic mass is 9.73. The summed E-state index contributed by atoms with van der Waals surface area (Å²) in [5, 5.41) is 38.4. The fraction of sp³-hybridized carbons (Fsp3) is 0.357. The van der Waals surface area contributed by atoms with Crippen molar-refractivity contribution in [1.29, 1.82) is 0 Å². The van der Waals surface area contributed by atoms with Gasteiger partial charge < -0.3 is 29.9 Å². The Bertz CT molecular complexity index is 1260. The van der Waals surface area contributed by atoms with Crippen LogP contribution in [0.25, 0.3) is 0 Å². The molecule has 210 valence electrons. The van der Waals surface area contributed by atoms with Crippen molar-refractivity contribution in [3.63, 3.8) is 0 Å². The van der Waals surface area contributed by atoms with E-state index in [1.807, 2.05) is 0 Å². The summed E-state index contributed by atoms with van der Waals surface area (Å²) in [5.41, 5.74) is 1.20. The highest BCUT2D eigenvalue weighted by molar-refractivity contribution is 5.87. The molecule has 2 aliphatic rings. The van der Waals surface area contributed by atoms with E-state index in [9.17, 15) is 49.2 Å². The third-order valence-corrected chi connectivity index (χ3v) is 7.34. The fourth-order valence-electron chi connectivity index (χ4n) is 5.56. The van der Waals surface area contributed by atoms with Gasteiger partial charge >= 0.3 is 35.8 Å². The predicted molar refractivity (Wildman–Crippen MR) is 132 cm³/mol. The van der Waals surface area contributed by atoms with Crippen LogP contribution in [0.4, 0.5) is 0 Å². The zero-order valence-corrected chi connectivity index (χ0v) is 21.0. The van der Waals surface area contributed by atoms with Crippen LogP contribution >= 0.6 is 0 Å². The van der Waals surface area contributed by atoms with E-state index in [0.717, 1.165) is 0 Å². The molecule has 0 aliphatic heterocycles. The first kappa shape index (κ1) is 28.3. The summed E-state index contributed by atoms with van der Waals surface area (Å²) in [4.78, 5) is 72.4. The monoisotopic (exact) mass is 554 g/mol. The molecular formula is C28H26O12. The molecule has 0 saturated carbocycles. The first-order valence-electron chi connectivity index (χ1n) is 12.5. The van der Waals surface area contributed by atoms with Crippen LogP contribution in [-0.4, -0.2) is 56.2 Å². The minimum Gasteiger partial charge on any atom is -0.481 e. The van der Waals surface area contributed by atoms with E-state index in [4.69, 9.17) is 9.47 Å². The van der Waals surface area contributed by atoms with E-state index in [2.05, 4.69) is 0 Å². The largest absolute Gasteiger partial charge is 0.481 e. The first-order chi connectivity index (χ1) is 19.0. The van der Waals surface area contributed by atoms with Crippen molar-refractivity contribution in [2.24, 2.45) is 11.8 Å². The normalized spacial score (nSPS) is 25.0. The Kier molecular flexibility index (Phi) is 8.17. The molecule has 0 aromatic heterocycles. The highest BCUT2D eigenvalue weighted by atomic mass is 16.6. The molecule has 12 heteroatoms. The fourth-order valence-corrected chi connectivity index (χ4v) is 5.56. The highest BCUT2D eigenvalue weighted by Gasteiger charge is 2.45. The van der Waals surface area contributed by atoms with E-state index in [0.29, 0.717) is 11.1 Å². The standard InChI is InChI=1S/C28H26O12/c29-21(39-19-11-17(25(31)32)23(27(35)36)15-7-3-1-5-13(15)19)9-10-22(30)40-20-12-18(26(33)34)24(28(37)38)16-8-4-2-6-14(16)20/h1-8,17-20,23-24H,9-12H2,(H,31,32)(H,33,34)(H,35,36)(H,37,38). The SMILES string of the molecule is O=C(CCC(=O)OC1CC(C(=O)O)C(C(=O)O)c2ccccc21)OC1CC(C(=O)O)C(C(=O)O)c2ccccc21. The number of hydrogen-bond acceptors (Lipinski definition) is 8. The maximum absolute atomic E-state index is 12.6. The van der Waals surface area contributed by atoms with E-state index >= 15 is 0 Å². The number of carbonyl (C=O) groups is 6. The minimum atomic E-state index is -1.34.